The summed E-state index contributed by atoms with van der Waals surface area (Å²) in [5.74, 6) is 2.61. The molecule has 1 aliphatic rings. The number of nitrogens with zero attached hydrogens (tertiary/aromatic N) is 1. The van der Waals surface area contributed by atoms with Gasteiger partial charge >= 0.3 is 0 Å². The molecule has 2 N–H and O–H groups in total. The molecule has 5 heteroatoms. The Hall–Kier alpha value is -0.980. The van der Waals surface area contributed by atoms with Gasteiger partial charge in [0, 0.05) is 19.6 Å². The van der Waals surface area contributed by atoms with Crippen LogP contribution in [0.4, 0.5) is 0 Å². The molecule has 0 heterocycles. The van der Waals surface area contributed by atoms with Crippen LogP contribution in [0.5, 0.6) is 5.75 Å². The first-order chi connectivity index (χ1) is 9.69. The van der Waals surface area contributed by atoms with Crippen LogP contribution in [0.25, 0.3) is 0 Å². The highest BCUT2D eigenvalue weighted by Gasteiger charge is 2.33. The number of benzene rings is 1. The monoisotopic (exact) mass is 403 g/mol. The molecule has 118 valence electrons. The molecule has 2 atom stereocenters. The summed E-state index contributed by atoms with van der Waals surface area (Å²) in [5, 5.41) is 6.72. The number of guanidine groups is 1. The second-order valence-electron chi connectivity index (χ2n) is 5.48. The molecule has 21 heavy (non-hydrogen) atoms. The van der Waals surface area contributed by atoms with Crippen molar-refractivity contribution in [2.75, 3.05) is 20.2 Å². The lowest BCUT2D eigenvalue weighted by Gasteiger charge is -2.12. The van der Waals surface area contributed by atoms with E-state index in [4.69, 9.17) is 4.74 Å². The Balaban J connectivity index is 0.00000220. The van der Waals surface area contributed by atoms with E-state index in [9.17, 15) is 0 Å². The Labute approximate surface area is 144 Å². The van der Waals surface area contributed by atoms with Gasteiger partial charge in [0.2, 0.25) is 0 Å². The molecule has 0 amide bonds. The maximum atomic E-state index is 5.69. The third-order valence-corrected chi connectivity index (χ3v) is 3.56. The Morgan fingerprint density at radius 1 is 1.33 bits per heavy atom. The summed E-state index contributed by atoms with van der Waals surface area (Å²) >= 11 is 0. The maximum Gasteiger partial charge on any atom is 0.191 e. The molecular formula is C16H26IN3O. The third-order valence-electron chi connectivity index (χ3n) is 3.56. The van der Waals surface area contributed by atoms with Crippen molar-refractivity contribution in [3.63, 3.8) is 0 Å². The van der Waals surface area contributed by atoms with Crippen molar-refractivity contribution in [3.8, 4) is 5.75 Å². The topological polar surface area (TPSA) is 45.7 Å². The molecular weight excluding hydrogens is 377 g/mol. The molecule has 1 aliphatic carbocycles. The number of rotatable bonds is 6. The van der Waals surface area contributed by atoms with Gasteiger partial charge in [-0.25, -0.2) is 0 Å². The van der Waals surface area contributed by atoms with Gasteiger partial charge < -0.3 is 15.4 Å². The number of hydrogen-bond donors (Lipinski definition) is 2. The summed E-state index contributed by atoms with van der Waals surface area (Å²) in [4.78, 5) is 4.22. The van der Waals surface area contributed by atoms with Crippen LogP contribution in [-0.2, 0) is 0 Å². The van der Waals surface area contributed by atoms with Gasteiger partial charge in [-0.05, 0) is 37.8 Å². The molecule has 2 unspecified atom stereocenters. The first kappa shape index (κ1) is 18.1. The Morgan fingerprint density at radius 3 is 2.57 bits per heavy atom. The van der Waals surface area contributed by atoms with Crippen molar-refractivity contribution in [3.05, 3.63) is 29.8 Å². The van der Waals surface area contributed by atoms with E-state index in [0.717, 1.165) is 30.6 Å². The van der Waals surface area contributed by atoms with Crippen LogP contribution in [0.15, 0.2) is 29.3 Å². The first-order valence-electron chi connectivity index (χ1n) is 7.35. The van der Waals surface area contributed by atoms with Crippen LogP contribution in [0.2, 0.25) is 0 Å². The van der Waals surface area contributed by atoms with E-state index >= 15 is 0 Å². The highest BCUT2D eigenvalue weighted by Crippen LogP contribution is 2.28. The van der Waals surface area contributed by atoms with Crippen molar-refractivity contribution in [1.82, 2.24) is 10.6 Å². The summed E-state index contributed by atoms with van der Waals surface area (Å²) < 4.78 is 5.69. The fourth-order valence-corrected chi connectivity index (χ4v) is 2.00. The van der Waals surface area contributed by atoms with Crippen molar-refractivity contribution in [1.29, 1.82) is 0 Å². The van der Waals surface area contributed by atoms with Gasteiger partial charge in [0.15, 0.2) is 5.96 Å². The Kier molecular flexibility index (Phi) is 7.85. The van der Waals surface area contributed by atoms with Crippen molar-refractivity contribution in [2.45, 2.75) is 32.7 Å². The van der Waals surface area contributed by atoms with Gasteiger partial charge in [-0.15, -0.1) is 24.0 Å². The molecule has 0 aromatic heterocycles. The van der Waals surface area contributed by atoms with E-state index in [-0.39, 0.29) is 24.0 Å². The largest absolute Gasteiger partial charge is 0.494 e. The normalized spacial score (nSPS) is 20.4. The van der Waals surface area contributed by atoms with Gasteiger partial charge in [0.25, 0.3) is 0 Å². The summed E-state index contributed by atoms with van der Waals surface area (Å²) in [5.41, 5.74) is 1.25. The predicted molar refractivity (Wildman–Crippen MR) is 98.8 cm³/mol. The molecule has 4 nitrogen and oxygen atoms in total. The second-order valence-corrected chi connectivity index (χ2v) is 5.48. The quantitative estimate of drug-likeness (QED) is 0.332. The highest BCUT2D eigenvalue weighted by molar-refractivity contribution is 14.0. The van der Waals surface area contributed by atoms with Crippen LogP contribution in [0, 0.1) is 12.8 Å². The molecule has 2 rings (SSSR count). The van der Waals surface area contributed by atoms with Crippen LogP contribution in [-0.4, -0.2) is 32.2 Å². The smallest absolute Gasteiger partial charge is 0.191 e. The molecule has 0 bridgehead atoms. The zero-order chi connectivity index (χ0) is 14.4. The Morgan fingerprint density at radius 2 is 2.00 bits per heavy atom. The average molecular weight is 403 g/mol. The molecule has 1 saturated carbocycles. The van der Waals surface area contributed by atoms with Crippen LogP contribution in [0.1, 0.15) is 25.3 Å². The third kappa shape index (κ3) is 6.54. The fourth-order valence-electron chi connectivity index (χ4n) is 2.00. The maximum absolute atomic E-state index is 5.69. The lowest BCUT2D eigenvalue weighted by atomic mass is 10.2. The van der Waals surface area contributed by atoms with Crippen LogP contribution in [0.3, 0.4) is 0 Å². The van der Waals surface area contributed by atoms with Crippen molar-refractivity contribution >= 4 is 29.9 Å². The number of aliphatic imine (C=N–C) groups is 1. The minimum atomic E-state index is 0. The second kappa shape index (κ2) is 9.12. The van der Waals surface area contributed by atoms with Crippen LogP contribution < -0.4 is 15.4 Å². The molecule has 1 aromatic carbocycles. The molecule has 1 fully saturated rings. The SMILES string of the molecule is CN=C(NCCCOc1ccc(C)cc1)NC1CC1C.I. The summed E-state index contributed by atoms with van der Waals surface area (Å²) in [6, 6.07) is 8.76. The zero-order valence-electron chi connectivity index (χ0n) is 13.1. The molecule has 0 saturated heterocycles. The van der Waals surface area contributed by atoms with Crippen LogP contribution >= 0.6 is 24.0 Å². The van der Waals surface area contributed by atoms with E-state index in [1.165, 1.54) is 12.0 Å². The molecule has 1 aromatic rings. The van der Waals surface area contributed by atoms with E-state index in [1.54, 1.807) is 0 Å². The minimum absolute atomic E-state index is 0. The number of ether oxygens (including phenoxy) is 1. The standard InChI is InChI=1S/C16H25N3O.HI/c1-12-5-7-14(8-6-12)20-10-4-9-18-16(17-3)19-15-11-13(15)2;/h5-8,13,15H,4,9-11H2,1-3H3,(H2,17,18,19);1H. The lowest BCUT2D eigenvalue weighted by molar-refractivity contribution is 0.311. The summed E-state index contributed by atoms with van der Waals surface area (Å²) in [6.07, 6.45) is 2.20. The average Bonchev–Trinajstić information content (AvgIpc) is 3.14. The van der Waals surface area contributed by atoms with E-state index < -0.39 is 0 Å². The first-order valence-corrected chi connectivity index (χ1v) is 7.35. The van der Waals surface area contributed by atoms with Gasteiger partial charge in [-0.3, -0.25) is 4.99 Å². The molecule has 0 spiro atoms. The van der Waals surface area contributed by atoms with E-state index in [1.807, 2.05) is 19.2 Å². The minimum Gasteiger partial charge on any atom is -0.494 e. The number of nitrogens with one attached hydrogen (secondary N) is 2. The Bertz CT molecular complexity index is 447. The predicted octanol–water partition coefficient (Wildman–Crippen LogP) is 2.96. The summed E-state index contributed by atoms with van der Waals surface area (Å²) in [6.45, 7) is 5.91. The van der Waals surface area contributed by atoms with E-state index in [0.29, 0.717) is 12.6 Å². The number of halogens is 1. The van der Waals surface area contributed by atoms with Gasteiger partial charge in [-0.1, -0.05) is 24.6 Å². The van der Waals surface area contributed by atoms with Gasteiger partial charge in [-0.2, -0.15) is 0 Å². The van der Waals surface area contributed by atoms with Gasteiger partial charge in [0.1, 0.15) is 5.75 Å². The lowest BCUT2D eigenvalue weighted by Crippen LogP contribution is -2.39. The number of hydrogen-bond acceptors (Lipinski definition) is 2. The van der Waals surface area contributed by atoms with Crippen molar-refractivity contribution in [2.24, 2.45) is 10.9 Å². The molecule has 0 aliphatic heterocycles. The zero-order valence-corrected chi connectivity index (χ0v) is 15.4. The highest BCUT2D eigenvalue weighted by atomic mass is 127. The van der Waals surface area contributed by atoms with Gasteiger partial charge in [0.05, 0.1) is 6.61 Å². The molecule has 0 radical (unpaired) electrons. The number of aryl methyl sites for hydroxylation is 1. The van der Waals surface area contributed by atoms with Crippen molar-refractivity contribution < 1.29 is 4.74 Å². The summed E-state index contributed by atoms with van der Waals surface area (Å²) in [7, 11) is 1.81. The fraction of sp³-hybridized carbons (Fsp3) is 0.562. The van der Waals surface area contributed by atoms with E-state index in [2.05, 4.69) is 41.6 Å².